The van der Waals surface area contributed by atoms with Gasteiger partial charge < -0.3 is 9.64 Å². The summed E-state index contributed by atoms with van der Waals surface area (Å²) in [4.78, 5) is 14.3. The summed E-state index contributed by atoms with van der Waals surface area (Å²) in [5.41, 5.74) is 0.881. The topological polar surface area (TPSA) is 29.5 Å². The average Bonchev–Trinajstić information content (AvgIpc) is 2.35. The molecule has 0 aromatic heterocycles. The molecule has 2 rings (SSSR count). The van der Waals surface area contributed by atoms with Gasteiger partial charge in [-0.05, 0) is 70.6 Å². The van der Waals surface area contributed by atoms with Gasteiger partial charge in [0.15, 0.2) is 0 Å². The van der Waals surface area contributed by atoms with E-state index in [1.165, 1.54) is 12.0 Å². The Kier molecular flexibility index (Phi) is 5.90. The van der Waals surface area contributed by atoms with Crippen molar-refractivity contribution in [3.63, 3.8) is 0 Å². The van der Waals surface area contributed by atoms with Gasteiger partial charge in [0.05, 0.1) is 0 Å². The lowest BCUT2D eigenvalue weighted by Gasteiger charge is -2.38. The van der Waals surface area contributed by atoms with Gasteiger partial charge in [-0.2, -0.15) is 0 Å². The number of benzene rings is 1. The van der Waals surface area contributed by atoms with Crippen molar-refractivity contribution in [2.45, 2.75) is 64.5 Å². The molecule has 1 amide bonds. The molecule has 0 aliphatic heterocycles. The van der Waals surface area contributed by atoms with Crippen molar-refractivity contribution in [2.75, 3.05) is 6.54 Å². The van der Waals surface area contributed by atoms with Crippen LogP contribution in [0, 0.1) is 0 Å². The van der Waals surface area contributed by atoms with Crippen molar-refractivity contribution in [1.29, 1.82) is 0 Å². The maximum Gasteiger partial charge on any atom is 0.410 e. The first-order valence-corrected chi connectivity index (χ1v) is 8.88. The van der Waals surface area contributed by atoms with Crippen LogP contribution in [0.4, 0.5) is 4.79 Å². The molecular weight excluding hydrogens is 342 g/mol. The van der Waals surface area contributed by atoms with Gasteiger partial charge in [0.1, 0.15) is 5.60 Å². The van der Waals surface area contributed by atoms with Crippen molar-refractivity contribution in [2.24, 2.45) is 0 Å². The molecule has 1 aliphatic carbocycles. The number of amides is 1. The van der Waals surface area contributed by atoms with E-state index in [9.17, 15) is 4.79 Å². The monoisotopic (exact) mass is 367 g/mol. The minimum atomic E-state index is -0.426. The Morgan fingerprint density at radius 1 is 1.27 bits per heavy atom. The van der Waals surface area contributed by atoms with Gasteiger partial charge in [-0.25, -0.2) is 4.79 Å². The molecular formula is C18H26BrNO2. The van der Waals surface area contributed by atoms with Gasteiger partial charge in [-0.15, -0.1) is 0 Å². The summed E-state index contributed by atoms with van der Waals surface area (Å²) in [6, 6.07) is 8.76. The van der Waals surface area contributed by atoms with E-state index in [0.29, 0.717) is 6.04 Å². The van der Waals surface area contributed by atoms with Crippen LogP contribution in [0.15, 0.2) is 28.7 Å². The van der Waals surface area contributed by atoms with Crippen LogP contribution < -0.4 is 0 Å². The lowest BCUT2D eigenvalue weighted by atomic mass is 9.91. The fourth-order valence-electron chi connectivity index (χ4n) is 2.55. The second-order valence-corrected chi connectivity index (χ2v) is 7.90. The summed E-state index contributed by atoms with van der Waals surface area (Å²) in [6.07, 6.45) is 5.23. The van der Waals surface area contributed by atoms with Crippen molar-refractivity contribution >= 4 is 22.0 Å². The maximum atomic E-state index is 12.4. The zero-order valence-electron chi connectivity index (χ0n) is 13.8. The summed E-state index contributed by atoms with van der Waals surface area (Å²) in [7, 11) is 0. The van der Waals surface area contributed by atoms with Crippen molar-refractivity contribution in [3.8, 4) is 0 Å². The normalized spacial score (nSPS) is 15.3. The lowest BCUT2D eigenvalue weighted by molar-refractivity contribution is 0.00683. The Morgan fingerprint density at radius 2 is 1.91 bits per heavy atom. The van der Waals surface area contributed by atoms with E-state index < -0.39 is 5.60 Å². The number of aryl methyl sites for hydroxylation is 1. The molecule has 1 aliphatic rings. The standard InChI is InChI=1S/C18H26BrNO2/c1-18(2,3)22-17(21)20(16-7-4-8-16)13-5-6-14-9-11-15(19)12-10-14/h9-12,16H,4-8,13H2,1-3H3. The van der Waals surface area contributed by atoms with Gasteiger partial charge in [-0.1, -0.05) is 28.1 Å². The molecule has 1 aromatic rings. The number of ether oxygens (including phenoxy) is 1. The Labute approximate surface area is 142 Å². The summed E-state index contributed by atoms with van der Waals surface area (Å²) in [5.74, 6) is 0. The second kappa shape index (κ2) is 7.49. The zero-order chi connectivity index (χ0) is 16.2. The Hall–Kier alpha value is -1.03. The molecule has 1 fully saturated rings. The Balaban J connectivity index is 1.87. The van der Waals surface area contributed by atoms with Crippen LogP contribution in [0.1, 0.15) is 52.0 Å². The molecule has 3 nitrogen and oxygen atoms in total. The fraction of sp³-hybridized carbons (Fsp3) is 0.611. The predicted octanol–water partition coefficient (Wildman–Crippen LogP) is 5.17. The first-order valence-electron chi connectivity index (χ1n) is 8.09. The highest BCUT2D eigenvalue weighted by Crippen LogP contribution is 2.27. The third-order valence-electron chi connectivity index (χ3n) is 3.92. The van der Waals surface area contributed by atoms with E-state index in [4.69, 9.17) is 4.74 Å². The number of carbonyl (C=O) groups excluding carboxylic acids is 1. The molecule has 0 unspecified atom stereocenters. The summed E-state index contributed by atoms with van der Waals surface area (Å²) in [5, 5.41) is 0. The molecule has 0 N–H and O–H groups in total. The second-order valence-electron chi connectivity index (χ2n) is 6.99. The predicted molar refractivity (Wildman–Crippen MR) is 93.0 cm³/mol. The quantitative estimate of drug-likeness (QED) is 0.718. The molecule has 22 heavy (non-hydrogen) atoms. The number of hydrogen-bond donors (Lipinski definition) is 0. The average molecular weight is 368 g/mol. The molecule has 0 atom stereocenters. The fourth-order valence-corrected chi connectivity index (χ4v) is 2.81. The number of carbonyl (C=O) groups is 1. The van der Waals surface area contributed by atoms with Gasteiger partial charge in [0.2, 0.25) is 0 Å². The maximum absolute atomic E-state index is 12.4. The molecule has 1 saturated carbocycles. The first kappa shape index (κ1) is 17.3. The minimum Gasteiger partial charge on any atom is -0.444 e. The molecule has 1 aromatic carbocycles. The third kappa shape index (κ3) is 5.31. The van der Waals surface area contributed by atoms with Crippen LogP contribution in [0.5, 0.6) is 0 Å². The van der Waals surface area contributed by atoms with E-state index in [1.54, 1.807) is 0 Å². The summed E-state index contributed by atoms with van der Waals surface area (Å²) >= 11 is 3.45. The molecule has 0 heterocycles. The van der Waals surface area contributed by atoms with Crippen molar-refractivity contribution < 1.29 is 9.53 Å². The highest BCUT2D eigenvalue weighted by atomic mass is 79.9. The number of hydrogen-bond acceptors (Lipinski definition) is 2. The van der Waals surface area contributed by atoms with E-state index in [1.807, 2.05) is 25.7 Å². The molecule has 0 saturated heterocycles. The summed E-state index contributed by atoms with van der Waals surface area (Å²) < 4.78 is 6.65. The zero-order valence-corrected chi connectivity index (χ0v) is 15.4. The first-order chi connectivity index (χ1) is 10.3. The number of rotatable bonds is 5. The number of halogens is 1. The number of nitrogens with zero attached hydrogens (tertiary/aromatic N) is 1. The van der Waals surface area contributed by atoms with Gasteiger partial charge in [0.25, 0.3) is 0 Å². The van der Waals surface area contributed by atoms with E-state index >= 15 is 0 Å². The largest absolute Gasteiger partial charge is 0.444 e. The molecule has 0 radical (unpaired) electrons. The van der Waals surface area contributed by atoms with E-state index in [0.717, 1.165) is 36.7 Å². The molecule has 0 bridgehead atoms. The van der Waals surface area contributed by atoms with Crippen molar-refractivity contribution in [3.05, 3.63) is 34.3 Å². The van der Waals surface area contributed by atoms with Crippen molar-refractivity contribution in [1.82, 2.24) is 4.90 Å². The van der Waals surface area contributed by atoms with Crippen LogP contribution in [0.2, 0.25) is 0 Å². The summed E-state index contributed by atoms with van der Waals surface area (Å²) in [6.45, 7) is 6.54. The minimum absolute atomic E-state index is 0.159. The Bertz CT molecular complexity index is 489. The SMILES string of the molecule is CC(C)(C)OC(=O)N(CCCc1ccc(Br)cc1)C1CCC1. The van der Waals surface area contributed by atoms with Crippen LogP contribution >= 0.6 is 15.9 Å². The lowest BCUT2D eigenvalue weighted by Crippen LogP contribution is -2.47. The third-order valence-corrected chi connectivity index (χ3v) is 4.45. The van der Waals surface area contributed by atoms with E-state index in [2.05, 4.69) is 40.2 Å². The Morgan fingerprint density at radius 3 is 2.41 bits per heavy atom. The van der Waals surface area contributed by atoms with Crippen LogP contribution in [-0.2, 0) is 11.2 Å². The molecule has 0 spiro atoms. The molecule has 122 valence electrons. The van der Waals surface area contributed by atoms with Gasteiger partial charge in [-0.3, -0.25) is 0 Å². The molecule has 4 heteroatoms. The highest BCUT2D eigenvalue weighted by Gasteiger charge is 2.31. The van der Waals surface area contributed by atoms with Crippen LogP contribution in [0.25, 0.3) is 0 Å². The smallest absolute Gasteiger partial charge is 0.410 e. The highest BCUT2D eigenvalue weighted by molar-refractivity contribution is 9.10. The van der Waals surface area contributed by atoms with Gasteiger partial charge >= 0.3 is 6.09 Å². The van der Waals surface area contributed by atoms with Crippen LogP contribution in [0.3, 0.4) is 0 Å². The van der Waals surface area contributed by atoms with Gasteiger partial charge in [0, 0.05) is 17.1 Å². The van der Waals surface area contributed by atoms with Crippen LogP contribution in [-0.4, -0.2) is 29.2 Å². The van der Waals surface area contributed by atoms with E-state index in [-0.39, 0.29) is 6.09 Å².